The van der Waals surface area contributed by atoms with Crippen LogP contribution in [0.25, 0.3) is 0 Å². The zero-order valence-corrected chi connectivity index (χ0v) is 15.4. The first kappa shape index (κ1) is 21.7. The summed E-state index contributed by atoms with van der Waals surface area (Å²) in [5.74, 6) is 0.469. The van der Waals surface area contributed by atoms with Crippen molar-refractivity contribution in [2.45, 2.75) is 98.0 Å². The summed E-state index contributed by atoms with van der Waals surface area (Å²) in [5, 5.41) is 3.75. The molecule has 0 atom stereocenters. The molecule has 0 aliphatic heterocycles. The van der Waals surface area contributed by atoms with E-state index in [1.165, 1.54) is 44.9 Å². The van der Waals surface area contributed by atoms with Crippen molar-refractivity contribution in [3.63, 3.8) is 0 Å². The number of oxime groups is 1. The summed E-state index contributed by atoms with van der Waals surface area (Å²) in [5.41, 5.74) is 0. The van der Waals surface area contributed by atoms with E-state index in [2.05, 4.69) is 12.1 Å². The summed E-state index contributed by atoms with van der Waals surface area (Å²) in [6.45, 7) is 8.16. The van der Waals surface area contributed by atoms with Crippen LogP contribution in [0.1, 0.15) is 91.9 Å². The van der Waals surface area contributed by atoms with Gasteiger partial charge in [0.1, 0.15) is 0 Å². The maximum Gasteiger partial charge on any atom is 0.535 e. The normalized spacial score (nSPS) is 11.6. The first-order valence-electron chi connectivity index (χ1n) is 9.17. The Morgan fingerprint density at radius 2 is 1.48 bits per heavy atom. The maximum absolute atomic E-state index is 11.3. The van der Waals surface area contributed by atoms with Crippen molar-refractivity contribution in [1.82, 2.24) is 0 Å². The molecule has 0 unspecified atom stereocenters. The Morgan fingerprint density at radius 3 is 2.00 bits per heavy atom. The molecular formula is C18H35NO4. The van der Waals surface area contributed by atoms with Crippen LogP contribution in [0.15, 0.2) is 5.16 Å². The van der Waals surface area contributed by atoms with E-state index in [-0.39, 0.29) is 6.10 Å². The van der Waals surface area contributed by atoms with Gasteiger partial charge >= 0.3 is 6.16 Å². The Morgan fingerprint density at radius 1 is 0.913 bits per heavy atom. The van der Waals surface area contributed by atoms with Crippen LogP contribution < -0.4 is 0 Å². The Kier molecular flexibility index (Phi) is 14.8. The third-order valence-electron chi connectivity index (χ3n) is 3.36. The van der Waals surface area contributed by atoms with Crippen molar-refractivity contribution in [3.8, 4) is 0 Å². The molecular weight excluding hydrogens is 294 g/mol. The van der Waals surface area contributed by atoms with Crippen LogP contribution in [0.5, 0.6) is 0 Å². The van der Waals surface area contributed by atoms with Gasteiger partial charge in [0.15, 0.2) is 0 Å². The van der Waals surface area contributed by atoms with Gasteiger partial charge in [0.2, 0.25) is 5.90 Å². The lowest BCUT2D eigenvalue weighted by atomic mass is 10.1. The van der Waals surface area contributed by atoms with Gasteiger partial charge in [0, 0.05) is 6.42 Å². The van der Waals surface area contributed by atoms with Gasteiger partial charge in [-0.05, 0) is 32.3 Å². The predicted molar refractivity (Wildman–Crippen MR) is 93.6 cm³/mol. The SMILES string of the molecule is CCCCCCCCCCCC(=NOC(=O)OC(C)C)OCC. The van der Waals surface area contributed by atoms with E-state index in [1.54, 1.807) is 13.8 Å². The van der Waals surface area contributed by atoms with Crippen LogP contribution in [0.2, 0.25) is 0 Å². The first-order valence-corrected chi connectivity index (χ1v) is 9.17. The fraction of sp³-hybridized carbons (Fsp3) is 0.889. The zero-order valence-electron chi connectivity index (χ0n) is 15.4. The van der Waals surface area contributed by atoms with E-state index in [9.17, 15) is 4.79 Å². The van der Waals surface area contributed by atoms with Crippen LogP contribution in [0, 0.1) is 0 Å². The molecule has 0 aromatic heterocycles. The molecule has 0 aliphatic rings. The summed E-state index contributed by atoms with van der Waals surface area (Å²) in [6, 6.07) is 0. The fourth-order valence-corrected chi connectivity index (χ4v) is 2.20. The molecule has 5 heteroatoms. The van der Waals surface area contributed by atoms with Crippen LogP contribution in [-0.2, 0) is 14.3 Å². The summed E-state index contributed by atoms with van der Waals surface area (Å²) < 4.78 is 10.2. The molecule has 0 aromatic carbocycles. The van der Waals surface area contributed by atoms with Gasteiger partial charge in [0.05, 0.1) is 12.7 Å². The summed E-state index contributed by atoms with van der Waals surface area (Å²) in [6.07, 6.45) is 11.1. The number of hydrogen-bond donors (Lipinski definition) is 0. The highest BCUT2D eigenvalue weighted by molar-refractivity contribution is 5.76. The average molecular weight is 329 g/mol. The first-order chi connectivity index (χ1) is 11.1. The second kappa shape index (κ2) is 15.6. The molecule has 0 spiro atoms. The van der Waals surface area contributed by atoms with Gasteiger partial charge in [0.25, 0.3) is 0 Å². The molecule has 0 aromatic rings. The van der Waals surface area contributed by atoms with Crippen LogP contribution in [-0.4, -0.2) is 24.8 Å². The highest BCUT2D eigenvalue weighted by Gasteiger charge is 2.08. The van der Waals surface area contributed by atoms with Crippen LogP contribution in [0.4, 0.5) is 4.79 Å². The van der Waals surface area contributed by atoms with Gasteiger partial charge in [-0.2, -0.15) is 0 Å². The quantitative estimate of drug-likeness (QED) is 0.107. The molecule has 23 heavy (non-hydrogen) atoms. The van der Waals surface area contributed by atoms with Crippen molar-refractivity contribution < 1.29 is 19.1 Å². The Labute approximate surface area is 141 Å². The van der Waals surface area contributed by atoms with Crippen molar-refractivity contribution in [1.29, 1.82) is 0 Å². The van der Waals surface area contributed by atoms with Crippen molar-refractivity contribution in [2.24, 2.45) is 5.16 Å². The topological polar surface area (TPSA) is 57.1 Å². The number of nitrogens with zero attached hydrogens (tertiary/aromatic N) is 1. The van der Waals surface area contributed by atoms with Gasteiger partial charge in [-0.3, -0.25) is 4.84 Å². The second-order valence-electron chi connectivity index (χ2n) is 6.00. The molecule has 136 valence electrons. The number of hydrogen-bond acceptors (Lipinski definition) is 5. The standard InChI is InChI=1S/C18H35NO4/c1-5-7-8-9-10-11-12-13-14-15-17(21-6-2)19-23-18(20)22-16(3)4/h16H,5-15H2,1-4H3. The molecule has 0 radical (unpaired) electrons. The minimum Gasteiger partial charge on any atom is -0.479 e. The number of carbonyl (C=O) groups is 1. The third-order valence-corrected chi connectivity index (χ3v) is 3.36. The summed E-state index contributed by atoms with van der Waals surface area (Å²) in [7, 11) is 0. The van der Waals surface area contributed by atoms with Gasteiger partial charge in [-0.25, -0.2) is 4.79 Å². The average Bonchev–Trinajstić information content (AvgIpc) is 2.50. The molecule has 0 aliphatic carbocycles. The molecule has 0 saturated carbocycles. The molecule has 0 heterocycles. The van der Waals surface area contributed by atoms with Gasteiger partial charge in [-0.15, -0.1) is 0 Å². The minimum atomic E-state index is -0.788. The zero-order chi connectivity index (χ0) is 17.3. The predicted octanol–water partition coefficient (Wildman–Crippen LogP) is 5.82. The van der Waals surface area contributed by atoms with Crippen molar-refractivity contribution in [3.05, 3.63) is 0 Å². The maximum atomic E-state index is 11.3. The Hall–Kier alpha value is -1.26. The highest BCUT2D eigenvalue weighted by atomic mass is 16.8. The van der Waals surface area contributed by atoms with E-state index < -0.39 is 6.16 Å². The van der Waals surface area contributed by atoms with Crippen LogP contribution >= 0.6 is 0 Å². The second-order valence-corrected chi connectivity index (χ2v) is 6.00. The minimum absolute atomic E-state index is 0.217. The smallest absolute Gasteiger partial charge is 0.479 e. The Balaban J connectivity index is 3.77. The lowest BCUT2D eigenvalue weighted by Gasteiger charge is -2.08. The summed E-state index contributed by atoms with van der Waals surface area (Å²) in [4.78, 5) is 16.0. The monoisotopic (exact) mass is 329 g/mol. The Bertz CT molecular complexity index is 316. The van der Waals surface area contributed by atoms with E-state index in [1.807, 2.05) is 6.92 Å². The van der Waals surface area contributed by atoms with Gasteiger partial charge < -0.3 is 9.47 Å². The van der Waals surface area contributed by atoms with E-state index in [0.717, 1.165) is 12.8 Å². The largest absolute Gasteiger partial charge is 0.535 e. The molecule has 0 amide bonds. The number of unbranched alkanes of at least 4 members (excludes halogenated alkanes) is 8. The molecule has 0 rings (SSSR count). The third kappa shape index (κ3) is 15.4. The molecule has 0 saturated heterocycles. The molecule has 0 fully saturated rings. The van der Waals surface area contributed by atoms with E-state index in [4.69, 9.17) is 14.3 Å². The molecule has 5 nitrogen and oxygen atoms in total. The lowest BCUT2D eigenvalue weighted by molar-refractivity contribution is 0.0338. The number of ether oxygens (including phenoxy) is 2. The lowest BCUT2D eigenvalue weighted by Crippen LogP contribution is -2.13. The van der Waals surface area contributed by atoms with E-state index >= 15 is 0 Å². The summed E-state index contributed by atoms with van der Waals surface area (Å²) >= 11 is 0. The van der Waals surface area contributed by atoms with Crippen LogP contribution in [0.3, 0.4) is 0 Å². The van der Waals surface area contributed by atoms with E-state index in [0.29, 0.717) is 18.9 Å². The van der Waals surface area contributed by atoms with Gasteiger partial charge in [-0.1, -0.05) is 58.3 Å². The molecule has 0 bridgehead atoms. The molecule has 0 N–H and O–H groups in total. The number of rotatable bonds is 13. The van der Waals surface area contributed by atoms with Crippen molar-refractivity contribution in [2.75, 3.05) is 6.61 Å². The van der Waals surface area contributed by atoms with Crippen molar-refractivity contribution >= 4 is 12.1 Å². The number of carbonyl (C=O) groups excluding carboxylic acids is 1. The fourth-order valence-electron chi connectivity index (χ4n) is 2.20. The highest BCUT2D eigenvalue weighted by Crippen LogP contribution is 2.11.